The van der Waals surface area contributed by atoms with Gasteiger partial charge in [-0.15, -0.1) is 5.10 Å². The van der Waals surface area contributed by atoms with E-state index in [9.17, 15) is 9.90 Å². The summed E-state index contributed by atoms with van der Waals surface area (Å²) in [7, 11) is 1.62. The summed E-state index contributed by atoms with van der Waals surface area (Å²) in [6.45, 7) is 8.42. The highest BCUT2D eigenvalue weighted by Gasteiger charge is 2.38. The molecule has 0 bridgehead atoms. The lowest BCUT2D eigenvalue weighted by atomic mass is 9.77. The van der Waals surface area contributed by atoms with Crippen LogP contribution in [0.2, 0.25) is 10.0 Å². The van der Waals surface area contributed by atoms with E-state index in [4.69, 9.17) is 47.7 Å². The zero-order valence-corrected chi connectivity index (χ0v) is 31.8. The minimum absolute atomic E-state index is 0.125. The summed E-state index contributed by atoms with van der Waals surface area (Å²) in [4.78, 5) is 27.8. The monoisotopic (exact) mass is 758 g/mol. The molecule has 5 heterocycles. The Morgan fingerprint density at radius 3 is 2.45 bits per heavy atom. The molecule has 1 saturated heterocycles. The van der Waals surface area contributed by atoms with Crippen LogP contribution in [-0.2, 0) is 17.9 Å². The normalized spacial score (nSPS) is 19.0. The first kappa shape index (κ1) is 37.0. The van der Waals surface area contributed by atoms with Gasteiger partial charge in [-0.3, -0.25) is 9.78 Å². The molecule has 278 valence electrons. The van der Waals surface area contributed by atoms with Gasteiger partial charge in [-0.1, -0.05) is 47.5 Å². The average molecular weight is 760 g/mol. The van der Waals surface area contributed by atoms with E-state index in [1.54, 1.807) is 24.7 Å². The third-order valence-corrected chi connectivity index (χ3v) is 10.8. The number of ether oxygens (including phenoxy) is 2. The van der Waals surface area contributed by atoms with Crippen LogP contribution in [0, 0.1) is 0 Å². The van der Waals surface area contributed by atoms with Gasteiger partial charge in [-0.2, -0.15) is 0 Å². The van der Waals surface area contributed by atoms with Gasteiger partial charge in [0.1, 0.15) is 0 Å². The van der Waals surface area contributed by atoms with Crippen LogP contribution in [0.3, 0.4) is 0 Å². The highest BCUT2D eigenvalue weighted by molar-refractivity contribution is 6.39. The number of hydrogen-bond acceptors (Lipinski definition) is 10. The van der Waals surface area contributed by atoms with E-state index >= 15 is 0 Å². The Morgan fingerprint density at radius 1 is 1.00 bits per heavy atom. The van der Waals surface area contributed by atoms with Gasteiger partial charge in [-0.25, -0.2) is 14.5 Å². The molecule has 4 aromatic heterocycles. The van der Waals surface area contributed by atoms with Crippen LogP contribution in [0.4, 0.5) is 0 Å². The molecule has 1 aromatic carbocycles. The molecule has 0 radical (unpaired) electrons. The molecule has 0 spiro atoms. The molecule has 3 N–H and O–H groups in total. The lowest BCUT2D eigenvalue weighted by molar-refractivity contribution is -0.129. The second-order valence-electron chi connectivity index (χ2n) is 14.0. The van der Waals surface area contributed by atoms with Crippen molar-refractivity contribution in [3.8, 4) is 45.3 Å². The number of nitrogens with one attached hydrogen (secondary N) is 2. The number of methoxy groups -OCH3 is 1. The Hall–Kier alpha value is -4.33. The van der Waals surface area contributed by atoms with Crippen molar-refractivity contribution in [2.24, 2.45) is 0 Å². The summed E-state index contributed by atoms with van der Waals surface area (Å²) in [6, 6.07) is 14.0. The van der Waals surface area contributed by atoms with E-state index in [-0.39, 0.29) is 11.9 Å². The summed E-state index contributed by atoms with van der Waals surface area (Å²) in [5.41, 5.74) is 5.02. The fourth-order valence-electron chi connectivity index (χ4n) is 7.22. The van der Waals surface area contributed by atoms with Crippen molar-refractivity contribution in [2.75, 3.05) is 26.8 Å². The largest absolute Gasteiger partial charge is 0.490 e. The molecule has 0 unspecified atom stereocenters. The van der Waals surface area contributed by atoms with Crippen molar-refractivity contribution in [1.29, 1.82) is 0 Å². The van der Waals surface area contributed by atoms with Crippen LogP contribution < -0.4 is 20.1 Å². The van der Waals surface area contributed by atoms with Crippen molar-refractivity contribution in [3.63, 3.8) is 0 Å². The number of carbonyl (C=O) groups is 1. The minimum atomic E-state index is -0.612. The minimum Gasteiger partial charge on any atom is -0.490 e. The number of rotatable bonds is 12. The number of aromatic nitrogens is 5. The highest BCUT2D eigenvalue weighted by atomic mass is 35.5. The topological polar surface area (TPSA) is 139 Å². The third-order valence-electron chi connectivity index (χ3n) is 10.0. The van der Waals surface area contributed by atoms with E-state index in [0.717, 1.165) is 42.6 Å². The molecular formula is C39H44Cl2N8O4. The summed E-state index contributed by atoms with van der Waals surface area (Å²) >= 11 is 14.3. The van der Waals surface area contributed by atoms with Crippen molar-refractivity contribution in [1.82, 2.24) is 40.1 Å². The van der Waals surface area contributed by atoms with Gasteiger partial charge < -0.3 is 30.1 Å². The van der Waals surface area contributed by atoms with Crippen LogP contribution in [0.5, 0.6) is 11.6 Å². The number of pyridine rings is 3. The molecule has 1 saturated carbocycles. The van der Waals surface area contributed by atoms with Crippen LogP contribution in [0.1, 0.15) is 57.8 Å². The van der Waals surface area contributed by atoms with Gasteiger partial charge in [0.2, 0.25) is 11.8 Å². The first-order chi connectivity index (χ1) is 25.5. The predicted molar refractivity (Wildman–Crippen MR) is 205 cm³/mol. The summed E-state index contributed by atoms with van der Waals surface area (Å²) < 4.78 is 13.4. The fourth-order valence-corrected chi connectivity index (χ4v) is 7.87. The second-order valence-corrected chi connectivity index (χ2v) is 14.8. The maximum absolute atomic E-state index is 11.7. The lowest BCUT2D eigenvalue weighted by Crippen LogP contribution is -2.51. The Balaban J connectivity index is 1.13. The molecule has 0 atom stereocenters. The molecule has 1 aliphatic carbocycles. The van der Waals surface area contributed by atoms with Crippen molar-refractivity contribution < 1.29 is 19.4 Å². The van der Waals surface area contributed by atoms with Crippen LogP contribution in [0.25, 0.3) is 39.3 Å². The van der Waals surface area contributed by atoms with Crippen molar-refractivity contribution in [3.05, 3.63) is 76.3 Å². The molecule has 53 heavy (non-hydrogen) atoms. The van der Waals surface area contributed by atoms with Crippen LogP contribution >= 0.6 is 23.2 Å². The molecule has 1 amide bonds. The number of hydrogen-bond donors (Lipinski definition) is 3. The maximum Gasteiger partial charge on any atom is 0.219 e. The second kappa shape index (κ2) is 15.6. The number of fused-ring (bicyclic) bond motifs is 1. The van der Waals surface area contributed by atoms with Crippen LogP contribution in [-0.4, -0.2) is 85.0 Å². The van der Waals surface area contributed by atoms with Gasteiger partial charge in [-0.05, 0) is 57.7 Å². The van der Waals surface area contributed by atoms with Gasteiger partial charge in [0, 0.05) is 78.9 Å². The molecule has 2 aliphatic rings. The van der Waals surface area contributed by atoms with E-state index in [1.807, 2.05) is 67.4 Å². The lowest BCUT2D eigenvalue weighted by Gasteiger charge is -2.41. The highest BCUT2D eigenvalue weighted by Crippen LogP contribution is 2.42. The molecule has 7 rings (SSSR count). The number of nitrogens with zero attached hydrogens (tertiary/aromatic N) is 6. The van der Waals surface area contributed by atoms with E-state index in [1.165, 1.54) is 0 Å². The fraction of sp³-hybridized carbons (Fsp3) is 0.410. The molecule has 12 nitrogen and oxygen atoms in total. The zero-order valence-electron chi connectivity index (χ0n) is 30.3. The van der Waals surface area contributed by atoms with Gasteiger partial charge in [0.25, 0.3) is 0 Å². The Bertz CT molecular complexity index is 2120. The van der Waals surface area contributed by atoms with Gasteiger partial charge in [0.05, 0.1) is 47.3 Å². The zero-order chi connectivity index (χ0) is 37.3. The van der Waals surface area contributed by atoms with Crippen molar-refractivity contribution in [2.45, 2.75) is 77.2 Å². The Kier molecular flexibility index (Phi) is 10.9. The number of likely N-dealkylation sites (tertiary alicyclic amines) is 1. The number of carbonyl (C=O) groups excluding carboxylic acids is 1. The SMILES string of the molecule is CCOc1cc(-c2nccc(-c3cccc(-c4ccc(CNC5CCN(C(C)=O)CC5)c(OC)n4)c3Cl)c2Cl)cn2nc(CNC3CC(C)(O)C3)nc12. The smallest absolute Gasteiger partial charge is 0.219 e. The third kappa shape index (κ3) is 7.97. The molecule has 2 fully saturated rings. The first-order valence-corrected chi connectivity index (χ1v) is 18.7. The number of halogens is 2. The summed E-state index contributed by atoms with van der Waals surface area (Å²) in [6.07, 6.45) is 6.76. The number of benzene rings is 1. The number of aliphatic hydroxyl groups is 1. The first-order valence-electron chi connectivity index (χ1n) is 18.0. The molecule has 5 aromatic rings. The predicted octanol–water partition coefficient (Wildman–Crippen LogP) is 6.34. The molecule has 14 heteroatoms. The van der Waals surface area contributed by atoms with Gasteiger partial charge in [0.15, 0.2) is 17.2 Å². The van der Waals surface area contributed by atoms with E-state index in [0.29, 0.717) is 94.2 Å². The number of piperidine rings is 1. The molecule has 1 aliphatic heterocycles. The average Bonchev–Trinajstić information content (AvgIpc) is 3.56. The standard InChI is InChI=1S/C39H44Cl2N8O4/c1-5-53-32-17-25(22-49-37(32)46-33(47-49)21-44-27-18-39(3,51)19-27)36-35(41)29(11-14-42-36)28-7-6-8-30(34(28)40)31-10-9-24(38(45-31)52-4)20-43-26-12-15-48(16-13-26)23(2)50/h6-11,14,17,22,26-27,43-44,51H,5,12-13,15-16,18-21H2,1-4H3. The van der Waals surface area contributed by atoms with Crippen molar-refractivity contribution >= 4 is 34.8 Å². The summed E-state index contributed by atoms with van der Waals surface area (Å²) in [5.74, 6) is 1.83. The quantitative estimate of drug-likeness (QED) is 0.132. The Morgan fingerprint density at radius 2 is 1.74 bits per heavy atom. The maximum atomic E-state index is 11.7. The summed E-state index contributed by atoms with van der Waals surface area (Å²) in [5, 5.41) is 22.8. The molecular weight excluding hydrogens is 715 g/mol. The van der Waals surface area contributed by atoms with E-state index < -0.39 is 5.60 Å². The Labute approximate surface area is 318 Å². The number of amides is 1. The van der Waals surface area contributed by atoms with Crippen LogP contribution in [0.15, 0.2) is 54.9 Å². The van der Waals surface area contributed by atoms with E-state index in [2.05, 4.69) is 15.6 Å². The van der Waals surface area contributed by atoms with Gasteiger partial charge >= 0.3 is 0 Å².